The van der Waals surface area contributed by atoms with E-state index < -0.39 is 10.2 Å². The quantitative estimate of drug-likeness (QED) is 0.843. The van der Waals surface area contributed by atoms with Crippen molar-refractivity contribution in [2.45, 2.75) is 70.9 Å². The fraction of sp³-hybridized carbons (Fsp3) is 1.00. The zero-order chi connectivity index (χ0) is 15.3. The smallest absolute Gasteiger partial charge is 0.279 e. The van der Waals surface area contributed by atoms with Crippen molar-refractivity contribution in [3.8, 4) is 0 Å². The van der Waals surface area contributed by atoms with Gasteiger partial charge in [-0.2, -0.15) is 12.7 Å². The molecule has 2 aliphatic heterocycles. The average Bonchev–Trinajstić information content (AvgIpc) is 2.75. The minimum absolute atomic E-state index is 0.266. The SMILES string of the molecule is C[C@@H]1CCCCN1[C@@H](C)CNS(=O)(=O)N1CCCCCC1. The van der Waals surface area contributed by atoms with Gasteiger partial charge in [-0.3, -0.25) is 4.90 Å². The van der Waals surface area contributed by atoms with Gasteiger partial charge in [-0.25, -0.2) is 4.72 Å². The van der Waals surface area contributed by atoms with Crippen LogP contribution < -0.4 is 4.72 Å². The van der Waals surface area contributed by atoms with Gasteiger partial charge in [0, 0.05) is 31.7 Å². The third-order valence-corrected chi connectivity index (χ3v) is 6.46. The van der Waals surface area contributed by atoms with Gasteiger partial charge in [0.1, 0.15) is 0 Å². The van der Waals surface area contributed by atoms with Gasteiger partial charge in [-0.05, 0) is 46.1 Å². The summed E-state index contributed by atoms with van der Waals surface area (Å²) in [4.78, 5) is 2.44. The molecule has 21 heavy (non-hydrogen) atoms. The van der Waals surface area contributed by atoms with E-state index in [1.54, 1.807) is 4.31 Å². The third kappa shape index (κ3) is 4.91. The first-order valence-electron chi connectivity index (χ1n) is 8.51. The first-order chi connectivity index (χ1) is 10.0. The van der Waals surface area contributed by atoms with Crippen LogP contribution in [0, 0.1) is 0 Å². The maximum absolute atomic E-state index is 12.4. The molecule has 5 nitrogen and oxygen atoms in total. The molecule has 0 saturated carbocycles. The van der Waals surface area contributed by atoms with E-state index in [1.807, 2.05) is 0 Å². The van der Waals surface area contributed by atoms with E-state index in [2.05, 4.69) is 23.5 Å². The minimum atomic E-state index is -3.30. The number of nitrogens with zero attached hydrogens (tertiary/aromatic N) is 2. The Hall–Kier alpha value is -0.170. The summed E-state index contributed by atoms with van der Waals surface area (Å²) in [6.07, 6.45) is 8.02. The van der Waals surface area contributed by atoms with Crippen LogP contribution in [0.4, 0.5) is 0 Å². The van der Waals surface area contributed by atoms with Gasteiger partial charge in [-0.15, -0.1) is 0 Å². The molecule has 124 valence electrons. The topological polar surface area (TPSA) is 52.7 Å². The Morgan fingerprint density at radius 2 is 1.67 bits per heavy atom. The number of piperidine rings is 1. The van der Waals surface area contributed by atoms with Crippen LogP contribution in [0.25, 0.3) is 0 Å². The lowest BCUT2D eigenvalue weighted by molar-refractivity contribution is 0.116. The van der Waals surface area contributed by atoms with Crippen LogP contribution in [0.15, 0.2) is 0 Å². The first-order valence-corrected chi connectivity index (χ1v) is 9.95. The number of rotatable bonds is 5. The molecule has 0 aromatic heterocycles. The predicted octanol–water partition coefficient (Wildman–Crippen LogP) is 1.96. The second-order valence-corrected chi connectivity index (χ2v) is 8.35. The molecule has 1 N–H and O–H groups in total. The fourth-order valence-electron chi connectivity index (χ4n) is 3.49. The van der Waals surface area contributed by atoms with Gasteiger partial charge in [0.2, 0.25) is 0 Å². The van der Waals surface area contributed by atoms with Crippen LogP contribution in [0.1, 0.15) is 58.8 Å². The fourth-order valence-corrected chi connectivity index (χ4v) is 4.86. The van der Waals surface area contributed by atoms with E-state index in [0.717, 1.165) is 32.2 Å². The Morgan fingerprint density at radius 3 is 2.29 bits per heavy atom. The van der Waals surface area contributed by atoms with Crippen LogP contribution in [0.5, 0.6) is 0 Å². The maximum Gasteiger partial charge on any atom is 0.279 e. The summed E-state index contributed by atoms with van der Waals surface area (Å²) in [7, 11) is -3.30. The third-order valence-electron chi connectivity index (χ3n) is 4.89. The van der Waals surface area contributed by atoms with Gasteiger partial charge in [0.25, 0.3) is 10.2 Å². The number of hydrogen-bond donors (Lipinski definition) is 1. The van der Waals surface area contributed by atoms with Crippen LogP contribution >= 0.6 is 0 Å². The lowest BCUT2D eigenvalue weighted by atomic mass is 10.0. The minimum Gasteiger partial charge on any atom is -0.297 e. The van der Waals surface area contributed by atoms with Crippen molar-refractivity contribution in [2.75, 3.05) is 26.2 Å². The molecule has 2 aliphatic rings. The number of nitrogens with one attached hydrogen (secondary N) is 1. The predicted molar refractivity (Wildman–Crippen MR) is 86.4 cm³/mol. The lowest BCUT2D eigenvalue weighted by Gasteiger charge is -2.38. The van der Waals surface area contributed by atoms with Crippen molar-refractivity contribution >= 4 is 10.2 Å². The van der Waals surface area contributed by atoms with Crippen molar-refractivity contribution in [3.63, 3.8) is 0 Å². The van der Waals surface area contributed by atoms with E-state index in [4.69, 9.17) is 0 Å². The van der Waals surface area contributed by atoms with E-state index >= 15 is 0 Å². The van der Waals surface area contributed by atoms with Crippen molar-refractivity contribution < 1.29 is 8.42 Å². The Morgan fingerprint density at radius 1 is 1.05 bits per heavy atom. The average molecular weight is 317 g/mol. The second kappa shape index (κ2) is 7.90. The molecular weight excluding hydrogens is 286 g/mol. The highest BCUT2D eigenvalue weighted by Gasteiger charge is 2.26. The summed E-state index contributed by atoms with van der Waals surface area (Å²) in [5.41, 5.74) is 0. The Labute approximate surface area is 130 Å². The van der Waals surface area contributed by atoms with E-state index in [9.17, 15) is 8.42 Å². The van der Waals surface area contributed by atoms with Crippen LogP contribution in [0.3, 0.4) is 0 Å². The van der Waals surface area contributed by atoms with Crippen LogP contribution in [-0.4, -0.2) is 55.9 Å². The molecule has 6 heteroatoms. The molecular formula is C15H31N3O2S. The summed E-state index contributed by atoms with van der Waals surface area (Å²) in [6.45, 7) is 7.33. The highest BCUT2D eigenvalue weighted by atomic mass is 32.2. The Bertz CT molecular complexity index is 405. The largest absolute Gasteiger partial charge is 0.297 e. The van der Waals surface area contributed by atoms with Crippen LogP contribution in [0.2, 0.25) is 0 Å². The van der Waals surface area contributed by atoms with Gasteiger partial charge in [0.05, 0.1) is 0 Å². The summed E-state index contributed by atoms with van der Waals surface area (Å²) in [5.74, 6) is 0. The lowest BCUT2D eigenvalue weighted by Crippen LogP contribution is -2.50. The number of likely N-dealkylation sites (tertiary alicyclic amines) is 1. The summed E-state index contributed by atoms with van der Waals surface area (Å²) < 4.78 is 29.3. The van der Waals surface area contributed by atoms with E-state index in [0.29, 0.717) is 25.7 Å². The molecule has 0 amide bonds. The van der Waals surface area contributed by atoms with Gasteiger partial charge >= 0.3 is 0 Å². The first kappa shape index (κ1) is 17.2. The summed E-state index contributed by atoms with van der Waals surface area (Å²) >= 11 is 0. The summed E-state index contributed by atoms with van der Waals surface area (Å²) in [5, 5.41) is 0. The molecule has 0 aromatic rings. The van der Waals surface area contributed by atoms with E-state index in [1.165, 1.54) is 19.3 Å². The molecule has 2 heterocycles. The second-order valence-electron chi connectivity index (χ2n) is 6.60. The molecule has 2 fully saturated rings. The van der Waals surface area contributed by atoms with Crippen LogP contribution in [-0.2, 0) is 10.2 Å². The van der Waals surface area contributed by atoms with Gasteiger partial charge in [-0.1, -0.05) is 19.3 Å². The summed E-state index contributed by atoms with van der Waals surface area (Å²) in [6, 6.07) is 0.832. The molecule has 0 aliphatic carbocycles. The van der Waals surface area contributed by atoms with Crippen molar-refractivity contribution in [2.24, 2.45) is 0 Å². The molecule has 0 radical (unpaired) electrons. The normalized spacial score (nSPS) is 28.2. The molecule has 2 saturated heterocycles. The van der Waals surface area contributed by atoms with Crippen molar-refractivity contribution in [1.82, 2.24) is 13.9 Å². The molecule has 2 atom stereocenters. The molecule has 0 unspecified atom stereocenters. The molecule has 0 aromatic carbocycles. The van der Waals surface area contributed by atoms with Crippen molar-refractivity contribution in [1.29, 1.82) is 0 Å². The standard InChI is InChI=1S/C15H31N3O2S/c1-14-9-5-8-12-18(14)15(2)13-16-21(19,20)17-10-6-3-4-7-11-17/h14-16H,3-13H2,1-2H3/t14-,15+/m1/s1. The number of hydrogen-bond acceptors (Lipinski definition) is 3. The Kier molecular flexibility index (Phi) is 6.47. The van der Waals surface area contributed by atoms with Gasteiger partial charge in [0.15, 0.2) is 0 Å². The monoisotopic (exact) mass is 317 g/mol. The molecule has 0 bridgehead atoms. The zero-order valence-corrected chi connectivity index (χ0v) is 14.4. The highest BCUT2D eigenvalue weighted by Crippen LogP contribution is 2.19. The van der Waals surface area contributed by atoms with Gasteiger partial charge < -0.3 is 0 Å². The molecule has 0 spiro atoms. The van der Waals surface area contributed by atoms with Crippen molar-refractivity contribution in [3.05, 3.63) is 0 Å². The Balaban J connectivity index is 1.85. The molecule has 2 rings (SSSR count). The highest BCUT2D eigenvalue weighted by molar-refractivity contribution is 7.87. The maximum atomic E-state index is 12.4. The van der Waals surface area contributed by atoms with E-state index in [-0.39, 0.29) is 6.04 Å². The zero-order valence-electron chi connectivity index (χ0n) is 13.6.